The summed E-state index contributed by atoms with van der Waals surface area (Å²) < 4.78 is 13.4. The van der Waals surface area contributed by atoms with Gasteiger partial charge in [0.05, 0.1) is 29.1 Å². The quantitative estimate of drug-likeness (QED) is 0.373. The van der Waals surface area contributed by atoms with Crippen molar-refractivity contribution in [3.63, 3.8) is 0 Å². The fraction of sp³-hybridized carbons (Fsp3) is 0.321. The third kappa shape index (κ3) is 4.58. The van der Waals surface area contributed by atoms with E-state index < -0.39 is 0 Å². The van der Waals surface area contributed by atoms with Crippen LogP contribution >= 0.6 is 11.6 Å². The number of fused-ring (bicyclic) bond motifs is 2. The summed E-state index contributed by atoms with van der Waals surface area (Å²) >= 11 is 6.03. The van der Waals surface area contributed by atoms with Crippen LogP contribution in [-0.4, -0.2) is 55.8 Å². The third-order valence-corrected chi connectivity index (χ3v) is 7.37. The van der Waals surface area contributed by atoms with E-state index in [9.17, 15) is 9.59 Å². The molecule has 2 aliphatic heterocycles. The summed E-state index contributed by atoms with van der Waals surface area (Å²) in [5.41, 5.74) is 2.95. The van der Waals surface area contributed by atoms with E-state index in [1.165, 1.54) is 0 Å². The van der Waals surface area contributed by atoms with Gasteiger partial charge < -0.3 is 14.4 Å². The van der Waals surface area contributed by atoms with Gasteiger partial charge in [0.1, 0.15) is 24.3 Å². The van der Waals surface area contributed by atoms with Crippen molar-refractivity contribution in [2.24, 2.45) is 0 Å². The molecule has 4 heterocycles. The topological polar surface area (TPSA) is 99.4 Å². The molecule has 0 aliphatic carbocycles. The summed E-state index contributed by atoms with van der Waals surface area (Å²) in [5, 5.41) is 1.09. The number of ether oxygens (including phenoxy) is 2. The van der Waals surface area contributed by atoms with Gasteiger partial charge in [0.25, 0.3) is 5.56 Å². The van der Waals surface area contributed by atoms with Gasteiger partial charge in [0.2, 0.25) is 0 Å². The van der Waals surface area contributed by atoms with E-state index in [1.807, 2.05) is 32.0 Å². The van der Waals surface area contributed by atoms with Gasteiger partial charge in [0, 0.05) is 36.8 Å². The number of halogens is 1. The molecule has 0 spiro atoms. The summed E-state index contributed by atoms with van der Waals surface area (Å²) in [6.45, 7) is 5.05. The second kappa shape index (κ2) is 9.72. The average molecular weight is 532 g/mol. The van der Waals surface area contributed by atoms with E-state index in [0.29, 0.717) is 71.4 Å². The Bertz CT molecular complexity index is 1590. The molecule has 6 rings (SSSR count). The number of piperidine rings is 1. The molecule has 38 heavy (non-hydrogen) atoms. The van der Waals surface area contributed by atoms with Crippen LogP contribution in [0.3, 0.4) is 0 Å². The van der Waals surface area contributed by atoms with Gasteiger partial charge in [-0.3, -0.25) is 9.36 Å². The van der Waals surface area contributed by atoms with Crippen molar-refractivity contribution in [3.05, 3.63) is 81.1 Å². The van der Waals surface area contributed by atoms with Crippen LogP contribution in [0.25, 0.3) is 22.3 Å². The lowest BCUT2D eigenvalue weighted by atomic mass is 10.0. The van der Waals surface area contributed by atoms with Gasteiger partial charge in [0.15, 0.2) is 5.82 Å². The highest BCUT2D eigenvalue weighted by atomic mass is 35.5. The molecule has 0 saturated carbocycles. The van der Waals surface area contributed by atoms with Crippen LogP contribution in [0.1, 0.15) is 29.8 Å². The van der Waals surface area contributed by atoms with E-state index in [0.717, 1.165) is 11.1 Å². The molecule has 10 heteroatoms. The first-order chi connectivity index (χ1) is 18.4. The van der Waals surface area contributed by atoms with Gasteiger partial charge in [-0.15, -0.1) is 0 Å². The number of hydrogen-bond acceptors (Lipinski definition) is 7. The van der Waals surface area contributed by atoms with E-state index >= 15 is 0 Å². The molecule has 0 bridgehead atoms. The molecule has 2 aromatic heterocycles. The molecule has 194 valence electrons. The number of carbonyl (C=O) groups excluding carboxylic acids is 1. The average Bonchev–Trinajstić information content (AvgIpc) is 3.28. The molecule has 4 aromatic rings. The number of aryl methyl sites for hydroxylation is 2. The number of benzene rings is 2. The van der Waals surface area contributed by atoms with Gasteiger partial charge in [-0.25, -0.2) is 19.7 Å². The number of rotatable bonds is 5. The molecular weight excluding hydrogens is 506 g/mol. The molecule has 0 radical (unpaired) electrons. The number of cyclic esters (lactones) is 1. The molecule has 0 unspecified atom stereocenters. The third-order valence-electron chi connectivity index (χ3n) is 7.12. The highest BCUT2D eigenvalue weighted by Gasteiger charge is 2.39. The molecule has 2 fully saturated rings. The lowest BCUT2D eigenvalue weighted by Gasteiger charge is -2.33. The maximum Gasteiger partial charge on any atom is 0.410 e. The van der Waals surface area contributed by atoms with Crippen molar-refractivity contribution in [2.75, 3.05) is 13.2 Å². The SMILES string of the molecule is Cc1cnc(-c2cc3nc(C)n(Cc4ccc(Cl)cc4)c(=O)c3cc2O[C@H]2CCN3C(=O)OC[C@@H]3C2)nc1. The minimum absolute atomic E-state index is 0.0123. The van der Waals surface area contributed by atoms with Crippen molar-refractivity contribution >= 4 is 28.6 Å². The predicted molar refractivity (Wildman–Crippen MR) is 143 cm³/mol. The van der Waals surface area contributed by atoms with E-state index in [1.54, 1.807) is 40.1 Å². The largest absolute Gasteiger partial charge is 0.489 e. The Morgan fingerprint density at radius 3 is 2.63 bits per heavy atom. The predicted octanol–water partition coefficient (Wildman–Crippen LogP) is 4.53. The zero-order valence-corrected chi connectivity index (χ0v) is 21.8. The Labute approximate surface area is 224 Å². The smallest absolute Gasteiger partial charge is 0.410 e. The van der Waals surface area contributed by atoms with E-state index in [-0.39, 0.29) is 23.8 Å². The normalized spacial score (nSPS) is 18.9. The standard InChI is InChI=1S/C28H26ClN5O4/c1-16-12-30-26(31-13-16)23-10-24-22(11-25(23)38-21-7-8-33-20(9-21)15-37-28(33)36)27(35)34(17(2)32-24)14-18-3-5-19(29)6-4-18/h3-6,10-13,20-21H,7-9,14-15H2,1-2H3/t20-,21-/m0/s1. The maximum absolute atomic E-state index is 13.7. The molecule has 9 nitrogen and oxygen atoms in total. The van der Waals surface area contributed by atoms with Crippen LogP contribution in [0, 0.1) is 13.8 Å². The van der Waals surface area contributed by atoms with E-state index in [4.69, 9.17) is 26.1 Å². The van der Waals surface area contributed by atoms with Crippen molar-refractivity contribution < 1.29 is 14.3 Å². The Morgan fingerprint density at radius 1 is 1.11 bits per heavy atom. The lowest BCUT2D eigenvalue weighted by Crippen LogP contribution is -2.44. The van der Waals surface area contributed by atoms with Crippen LogP contribution in [0.4, 0.5) is 4.79 Å². The Morgan fingerprint density at radius 2 is 1.87 bits per heavy atom. The molecule has 1 amide bonds. The molecule has 2 saturated heterocycles. The first-order valence-corrected chi connectivity index (χ1v) is 12.9. The fourth-order valence-corrected chi connectivity index (χ4v) is 5.20. The molecular formula is C28H26ClN5O4. The summed E-state index contributed by atoms with van der Waals surface area (Å²) in [4.78, 5) is 41.2. The number of carbonyl (C=O) groups is 1. The second-order valence-corrected chi connectivity index (χ2v) is 10.3. The lowest BCUT2D eigenvalue weighted by molar-refractivity contribution is 0.0940. The van der Waals surface area contributed by atoms with Crippen molar-refractivity contribution in [2.45, 2.75) is 45.4 Å². The summed E-state index contributed by atoms with van der Waals surface area (Å²) in [7, 11) is 0. The van der Waals surface area contributed by atoms with Crippen LogP contribution < -0.4 is 10.3 Å². The molecule has 2 aliphatic rings. The molecule has 2 aromatic carbocycles. The molecule has 2 atom stereocenters. The van der Waals surface area contributed by atoms with Crippen molar-refractivity contribution in [1.82, 2.24) is 24.4 Å². The highest BCUT2D eigenvalue weighted by Crippen LogP contribution is 2.34. The Hall–Kier alpha value is -3.98. The summed E-state index contributed by atoms with van der Waals surface area (Å²) in [5.74, 6) is 1.61. The highest BCUT2D eigenvalue weighted by molar-refractivity contribution is 6.30. The number of nitrogens with zero attached hydrogens (tertiary/aromatic N) is 5. The fourth-order valence-electron chi connectivity index (χ4n) is 5.07. The second-order valence-electron chi connectivity index (χ2n) is 9.81. The number of aromatic nitrogens is 4. The van der Waals surface area contributed by atoms with Crippen LogP contribution in [-0.2, 0) is 11.3 Å². The van der Waals surface area contributed by atoms with Crippen LogP contribution in [0.15, 0.2) is 53.6 Å². The first-order valence-electron chi connectivity index (χ1n) is 12.5. The Kier molecular flexibility index (Phi) is 6.23. The van der Waals surface area contributed by atoms with Crippen molar-refractivity contribution in [1.29, 1.82) is 0 Å². The Balaban J connectivity index is 1.41. The molecule has 0 N–H and O–H groups in total. The van der Waals surface area contributed by atoms with Crippen LogP contribution in [0.2, 0.25) is 5.02 Å². The van der Waals surface area contributed by atoms with Crippen LogP contribution in [0.5, 0.6) is 5.75 Å². The monoisotopic (exact) mass is 531 g/mol. The van der Waals surface area contributed by atoms with Crippen molar-refractivity contribution in [3.8, 4) is 17.1 Å². The summed E-state index contributed by atoms with van der Waals surface area (Å²) in [6.07, 6.45) is 4.38. The number of hydrogen-bond donors (Lipinski definition) is 0. The van der Waals surface area contributed by atoms with Gasteiger partial charge in [-0.05, 0) is 49.2 Å². The minimum atomic E-state index is -0.268. The minimum Gasteiger partial charge on any atom is -0.489 e. The summed E-state index contributed by atoms with van der Waals surface area (Å²) in [6, 6.07) is 11.0. The zero-order chi connectivity index (χ0) is 26.4. The zero-order valence-electron chi connectivity index (χ0n) is 21.1. The number of amides is 1. The van der Waals surface area contributed by atoms with Gasteiger partial charge in [-0.2, -0.15) is 0 Å². The maximum atomic E-state index is 13.7. The van der Waals surface area contributed by atoms with E-state index in [2.05, 4.69) is 9.97 Å². The van der Waals surface area contributed by atoms with Gasteiger partial charge >= 0.3 is 6.09 Å². The van der Waals surface area contributed by atoms with Gasteiger partial charge in [-0.1, -0.05) is 23.7 Å². The first kappa shape index (κ1) is 24.4.